The Morgan fingerprint density at radius 2 is 1.91 bits per heavy atom. The molecule has 1 aromatic heterocycles. The van der Waals surface area contributed by atoms with Crippen LogP contribution in [0, 0.1) is 6.92 Å². The van der Waals surface area contributed by atoms with Crippen molar-refractivity contribution in [3.8, 4) is 11.5 Å². The van der Waals surface area contributed by atoms with Crippen molar-refractivity contribution in [2.45, 2.75) is 13.1 Å². The van der Waals surface area contributed by atoms with Gasteiger partial charge < -0.3 is 9.26 Å². The fraction of sp³-hybridized carbons (Fsp3) is 0.133. The number of nitrogens with zero attached hydrogens (tertiary/aromatic N) is 1. The number of alkyl halides is 3. The standard InChI is InChI=1S/C15H9ClF3NO2/c1-8-11-4-3-10(7-14(11)22-20-8)21-13-5-2-9(6-12(13)16)15(17,18)19/h2-7H,1H3. The van der Waals surface area contributed by atoms with Gasteiger partial charge in [-0.05, 0) is 37.3 Å². The van der Waals surface area contributed by atoms with Crippen molar-refractivity contribution in [1.29, 1.82) is 0 Å². The Hall–Kier alpha value is -2.21. The highest BCUT2D eigenvalue weighted by Crippen LogP contribution is 2.37. The van der Waals surface area contributed by atoms with E-state index in [1.807, 2.05) is 0 Å². The molecule has 0 bridgehead atoms. The Morgan fingerprint density at radius 3 is 2.59 bits per heavy atom. The maximum atomic E-state index is 12.6. The molecule has 0 N–H and O–H groups in total. The molecule has 22 heavy (non-hydrogen) atoms. The van der Waals surface area contributed by atoms with Gasteiger partial charge in [-0.3, -0.25) is 0 Å². The highest BCUT2D eigenvalue weighted by Gasteiger charge is 2.31. The van der Waals surface area contributed by atoms with E-state index >= 15 is 0 Å². The van der Waals surface area contributed by atoms with E-state index in [9.17, 15) is 13.2 Å². The fourth-order valence-corrected chi connectivity index (χ4v) is 2.21. The van der Waals surface area contributed by atoms with Crippen molar-refractivity contribution in [2.24, 2.45) is 0 Å². The zero-order chi connectivity index (χ0) is 15.9. The summed E-state index contributed by atoms with van der Waals surface area (Å²) >= 11 is 5.85. The lowest BCUT2D eigenvalue weighted by Gasteiger charge is -2.11. The molecule has 0 unspecified atom stereocenters. The van der Waals surface area contributed by atoms with E-state index in [4.69, 9.17) is 20.9 Å². The zero-order valence-electron chi connectivity index (χ0n) is 11.2. The molecule has 7 heteroatoms. The van der Waals surface area contributed by atoms with Gasteiger partial charge in [0.15, 0.2) is 5.58 Å². The van der Waals surface area contributed by atoms with Crippen molar-refractivity contribution in [3.05, 3.63) is 52.7 Å². The number of ether oxygens (including phenoxy) is 1. The monoisotopic (exact) mass is 327 g/mol. The summed E-state index contributed by atoms with van der Waals surface area (Å²) in [5, 5.41) is 4.54. The molecule has 0 atom stereocenters. The fourth-order valence-electron chi connectivity index (χ4n) is 1.99. The second-order valence-electron chi connectivity index (χ2n) is 4.67. The SMILES string of the molecule is Cc1noc2cc(Oc3ccc(C(F)(F)F)cc3Cl)ccc12. The summed E-state index contributed by atoms with van der Waals surface area (Å²) in [5.74, 6) is 0.524. The van der Waals surface area contributed by atoms with Crippen LogP contribution in [0.1, 0.15) is 11.3 Å². The lowest BCUT2D eigenvalue weighted by molar-refractivity contribution is -0.137. The molecule has 0 aliphatic heterocycles. The molecule has 2 aromatic carbocycles. The highest BCUT2D eigenvalue weighted by molar-refractivity contribution is 6.32. The summed E-state index contributed by atoms with van der Waals surface area (Å²) in [6.07, 6.45) is -4.45. The minimum Gasteiger partial charge on any atom is -0.456 e. The van der Waals surface area contributed by atoms with Gasteiger partial charge in [0, 0.05) is 11.5 Å². The third-order valence-electron chi connectivity index (χ3n) is 3.11. The van der Waals surface area contributed by atoms with E-state index in [0.717, 1.165) is 23.2 Å². The maximum Gasteiger partial charge on any atom is 0.416 e. The first-order valence-corrected chi connectivity index (χ1v) is 6.63. The third kappa shape index (κ3) is 2.74. The van der Waals surface area contributed by atoms with Crippen LogP contribution in [0.25, 0.3) is 11.0 Å². The molecule has 3 rings (SSSR count). The molecule has 3 nitrogen and oxygen atoms in total. The molecule has 0 spiro atoms. The Bertz CT molecular complexity index is 842. The summed E-state index contributed by atoms with van der Waals surface area (Å²) < 4.78 is 48.4. The van der Waals surface area contributed by atoms with Crippen LogP contribution in [0.5, 0.6) is 11.5 Å². The topological polar surface area (TPSA) is 35.3 Å². The molecule has 0 saturated heterocycles. The first-order chi connectivity index (χ1) is 10.3. The van der Waals surface area contributed by atoms with E-state index in [2.05, 4.69) is 5.16 Å². The van der Waals surface area contributed by atoms with Gasteiger partial charge >= 0.3 is 6.18 Å². The third-order valence-corrected chi connectivity index (χ3v) is 3.41. The van der Waals surface area contributed by atoms with Crippen LogP contribution in [0.3, 0.4) is 0 Å². The van der Waals surface area contributed by atoms with Crippen LogP contribution in [-0.2, 0) is 6.18 Å². The van der Waals surface area contributed by atoms with E-state index in [-0.39, 0.29) is 10.8 Å². The predicted octanol–water partition coefficient (Wildman–Crippen LogP) is 5.60. The molecule has 0 amide bonds. The normalized spacial score (nSPS) is 11.9. The van der Waals surface area contributed by atoms with Gasteiger partial charge in [0.05, 0.1) is 16.3 Å². The maximum absolute atomic E-state index is 12.6. The number of hydrogen-bond donors (Lipinski definition) is 0. The van der Waals surface area contributed by atoms with Gasteiger partial charge in [-0.1, -0.05) is 16.8 Å². The lowest BCUT2D eigenvalue weighted by Crippen LogP contribution is -2.04. The second-order valence-corrected chi connectivity index (χ2v) is 5.08. The molecular formula is C15H9ClF3NO2. The minimum absolute atomic E-state index is 0.122. The Balaban J connectivity index is 1.91. The summed E-state index contributed by atoms with van der Waals surface area (Å²) in [6.45, 7) is 1.80. The molecule has 0 saturated carbocycles. The molecule has 0 aliphatic carbocycles. The Labute approximate surface area is 128 Å². The van der Waals surface area contributed by atoms with Crippen molar-refractivity contribution < 1.29 is 22.4 Å². The number of rotatable bonds is 2. The van der Waals surface area contributed by atoms with E-state index in [1.54, 1.807) is 25.1 Å². The minimum atomic E-state index is -4.45. The average Bonchev–Trinajstić information content (AvgIpc) is 2.81. The molecule has 0 aliphatic rings. The van der Waals surface area contributed by atoms with Crippen LogP contribution in [0.15, 0.2) is 40.9 Å². The number of fused-ring (bicyclic) bond motifs is 1. The van der Waals surface area contributed by atoms with Crippen LogP contribution < -0.4 is 4.74 Å². The van der Waals surface area contributed by atoms with Crippen molar-refractivity contribution >= 4 is 22.6 Å². The largest absolute Gasteiger partial charge is 0.456 e. The summed E-state index contributed by atoms with van der Waals surface area (Å²) in [5.41, 5.74) is 0.443. The number of aryl methyl sites for hydroxylation is 1. The zero-order valence-corrected chi connectivity index (χ0v) is 12.0. The molecule has 3 aromatic rings. The molecule has 0 fully saturated rings. The summed E-state index contributed by atoms with van der Waals surface area (Å²) in [4.78, 5) is 0. The molecular weight excluding hydrogens is 319 g/mol. The van der Waals surface area contributed by atoms with Gasteiger partial charge in [0.25, 0.3) is 0 Å². The number of halogens is 4. The van der Waals surface area contributed by atoms with Gasteiger partial charge in [-0.2, -0.15) is 13.2 Å². The van der Waals surface area contributed by atoms with Gasteiger partial charge in [-0.25, -0.2) is 0 Å². The quantitative estimate of drug-likeness (QED) is 0.614. The molecule has 1 heterocycles. The number of benzene rings is 2. The predicted molar refractivity (Wildman–Crippen MR) is 75.3 cm³/mol. The van der Waals surface area contributed by atoms with Crippen LogP contribution >= 0.6 is 11.6 Å². The Morgan fingerprint density at radius 1 is 1.14 bits per heavy atom. The smallest absolute Gasteiger partial charge is 0.416 e. The number of aromatic nitrogens is 1. The van der Waals surface area contributed by atoms with Crippen LogP contribution in [-0.4, -0.2) is 5.16 Å². The van der Waals surface area contributed by atoms with Crippen LogP contribution in [0.2, 0.25) is 5.02 Å². The second kappa shape index (κ2) is 5.21. The average molecular weight is 328 g/mol. The van der Waals surface area contributed by atoms with Crippen molar-refractivity contribution in [2.75, 3.05) is 0 Å². The summed E-state index contributed by atoms with van der Waals surface area (Å²) in [6, 6.07) is 7.95. The van der Waals surface area contributed by atoms with Crippen molar-refractivity contribution in [1.82, 2.24) is 5.16 Å². The van der Waals surface area contributed by atoms with E-state index < -0.39 is 11.7 Å². The van der Waals surface area contributed by atoms with Gasteiger partial charge in [0.2, 0.25) is 0 Å². The lowest BCUT2D eigenvalue weighted by atomic mass is 10.2. The highest BCUT2D eigenvalue weighted by atomic mass is 35.5. The molecule has 0 radical (unpaired) electrons. The van der Waals surface area contributed by atoms with E-state index in [0.29, 0.717) is 11.3 Å². The summed E-state index contributed by atoms with van der Waals surface area (Å²) in [7, 11) is 0. The molecule has 114 valence electrons. The first kappa shape index (κ1) is 14.7. The van der Waals surface area contributed by atoms with Crippen LogP contribution in [0.4, 0.5) is 13.2 Å². The number of hydrogen-bond acceptors (Lipinski definition) is 3. The van der Waals surface area contributed by atoms with Crippen molar-refractivity contribution in [3.63, 3.8) is 0 Å². The first-order valence-electron chi connectivity index (χ1n) is 6.25. The van der Waals surface area contributed by atoms with Gasteiger partial charge in [-0.15, -0.1) is 0 Å². The Kier molecular flexibility index (Phi) is 3.48. The van der Waals surface area contributed by atoms with E-state index in [1.165, 1.54) is 6.07 Å². The van der Waals surface area contributed by atoms with Gasteiger partial charge in [0.1, 0.15) is 11.5 Å².